The Morgan fingerprint density at radius 2 is 1.96 bits per heavy atom. The lowest BCUT2D eigenvalue weighted by molar-refractivity contribution is 0.0690. The van der Waals surface area contributed by atoms with Gasteiger partial charge < -0.3 is 9.30 Å². The fourth-order valence-electron chi connectivity index (χ4n) is 2.68. The molecule has 0 atom stereocenters. The number of aromatic nitrogens is 2. The van der Waals surface area contributed by atoms with Gasteiger partial charge in [0, 0.05) is 30.5 Å². The number of hydrogen-bond acceptors (Lipinski definition) is 2. The second-order valence-corrected chi connectivity index (χ2v) is 6.08. The van der Waals surface area contributed by atoms with Crippen molar-refractivity contribution in [1.82, 2.24) is 14.3 Å². The Labute approximate surface area is 136 Å². The number of carbonyl (C=O) groups is 1. The van der Waals surface area contributed by atoms with Crippen molar-refractivity contribution in [3.8, 4) is 0 Å². The summed E-state index contributed by atoms with van der Waals surface area (Å²) in [6.45, 7) is 6.64. The van der Waals surface area contributed by atoms with Gasteiger partial charge >= 0.3 is 0 Å². The molecule has 0 saturated heterocycles. The van der Waals surface area contributed by atoms with Crippen LogP contribution < -0.4 is 0 Å². The van der Waals surface area contributed by atoms with Gasteiger partial charge in [-0.3, -0.25) is 4.79 Å². The molecule has 0 radical (unpaired) electrons. The van der Waals surface area contributed by atoms with Gasteiger partial charge in [-0.15, -0.1) is 0 Å². The van der Waals surface area contributed by atoms with Gasteiger partial charge in [-0.25, -0.2) is 4.98 Å². The zero-order valence-electron chi connectivity index (χ0n) is 13.7. The van der Waals surface area contributed by atoms with E-state index in [4.69, 9.17) is 0 Å². The lowest BCUT2D eigenvalue weighted by atomic mass is 10.1. The molecule has 1 aromatic carbocycles. The third-order valence-corrected chi connectivity index (χ3v) is 3.91. The van der Waals surface area contributed by atoms with E-state index in [2.05, 4.69) is 4.98 Å². The summed E-state index contributed by atoms with van der Waals surface area (Å²) in [6.07, 6.45) is 3.84. The summed E-state index contributed by atoms with van der Waals surface area (Å²) in [4.78, 5) is 19.3. The van der Waals surface area contributed by atoms with Crippen LogP contribution in [0, 0.1) is 6.92 Å². The molecule has 4 heteroatoms. The summed E-state index contributed by atoms with van der Waals surface area (Å²) < 4.78 is 1.93. The van der Waals surface area contributed by atoms with Crippen LogP contribution in [0.25, 0.3) is 5.65 Å². The van der Waals surface area contributed by atoms with E-state index in [1.54, 1.807) is 0 Å². The van der Waals surface area contributed by atoms with Crippen LogP contribution >= 0.6 is 0 Å². The largest absolute Gasteiger partial charge is 0.332 e. The summed E-state index contributed by atoms with van der Waals surface area (Å²) in [7, 11) is 0. The van der Waals surface area contributed by atoms with Gasteiger partial charge in [-0.05, 0) is 38.5 Å². The van der Waals surface area contributed by atoms with Gasteiger partial charge in [0.15, 0.2) is 0 Å². The molecule has 0 N–H and O–H groups in total. The lowest BCUT2D eigenvalue weighted by Gasteiger charge is -2.27. The van der Waals surface area contributed by atoms with E-state index < -0.39 is 0 Å². The molecule has 118 valence electrons. The van der Waals surface area contributed by atoms with Crippen LogP contribution in [0.5, 0.6) is 0 Å². The molecule has 0 aliphatic carbocycles. The molecule has 1 amide bonds. The summed E-state index contributed by atoms with van der Waals surface area (Å²) in [5, 5.41) is 0. The maximum atomic E-state index is 12.9. The molecule has 0 unspecified atom stereocenters. The van der Waals surface area contributed by atoms with Crippen LogP contribution in [0.2, 0.25) is 0 Å². The summed E-state index contributed by atoms with van der Waals surface area (Å²) in [5.74, 6) is 0.0343. The summed E-state index contributed by atoms with van der Waals surface area (Å²) in [5.41, 5.74) is 3.55. The Kier molecular flexibility index (Phi) is 4.15. The molecular formula is C19H21N3O. The average molecular weight is 307 g/mol. The smallest absolute Gasteiger partial charge is 0.254 e. The topological polar surface area (TPSA) is 37.6 Å². The Hall–Kier alpha value is -2.62. The van der Waals surface area contributed by atoms with Crippen LogP contribution in [0.3, 0.4) is 0 Å². The van der Waals surface area contributed by atoms with Crippen LogP contribution in [-0.2, 0) is 6.54 Å². The first-order valence-electron chi connectivity index (χ1n) is 7.85. The van der Waals surface area contributed by atoms with E-state index >= 15 is 0 Å². The number of carbonyl (C=O) groups excluding carboxylic acids is 1. The minimum Gasteiger partial charge on any atom is -0.332 e. The van der Waals surface area contributed by atoms with Crippen LogP contribution in [-0.4, -0.2) is 26.2 Å². The van der Waals surface area contributed by atoms with E-state index in [1.165, 1.54) is 0 Å². The number of hydrogen-bond donors (Lipinski definition) is 0. The molecule has 3 aromatic rings. The molecule has 2 aromatic heterocycles. The molecule has 0 aliphatic rings. The lowest BCUT2D eigenvalue weighted by Crippen LogP contribution is -2.36. The van der Waals surface area contributed by atoms with Crippen molar-refractivity contribution >= 4 is 11.6 Å². The summed E-state index contributed by atoms with van der Waals surface area (Å²) in [6, 6.07) is 13.9. The maximum absolute atomic E-state index is 12.9. The Bertz CT molecular complexity index is 821. The highest BCUT2D eigenvalue weighted by molar-refractivity contribution is 5.95. The van der Waals surface area contributed by atoms with Crippen LogP contribution in [0.1, 0.15) is 35.5 Å². The SMILES string of the molecule is Cc1cn2ccc(C(=O)N(Cc3ccccc3)C(C)C)cc2n1. The second-order valence-electron chi connectivity index (χ2n) is 6.08. The standard InChI is InChI=1S/C19H21N3O/c1-14(2)22(13-16-7-5-4-6-8-16)19(23)17-9-10-21-12-15(3)20-18(21)11-17/h4-12,14H,13H2,1-3H3. The average Bonchev–Trinajstić information content (AvgIpc) is 2.91. The first kappa shape index (κ1) is 15.3. The highest BCUT2D eigenvalue weighted by Gasteiger charge is 2.19. The molecular weight excluding hydrogens is 286 g/mol. The normalized spacial score (nSPS) is 11.1. The van der Waals surface area contributed by atoms with Crippen molar-refractivity contribution in [3.63, 3.8) is 0 Å². The van der Waals surface area contributed by atoms with Crippen LogP contribution in [0.15, 0.2) is 54.9 Å². The first-order valence-corrected chi connectivity index (χ1v) is 7.85. The third kappa shape index (κ3) is 3.26. The third-order valence-electron chi connectivity index (χ3n) is 3.91. The van der Waals surface area contributed by atoms with E-state index in [1.807, 2.05) is 84.9 Å². The number of imidazole rings is 1. The quantitative estimate of drug-likeness (QED) is 0.737. The van der Waals surface area contributed by atoms with Gasteiger partial charge in [0.1, 0.15) is 5.65 Å². The van der Waals surface area contributed by atoms with Crippen molar-refractivity contribution in [1.29, 1.82) is 0 Å². The summed E-state index contributed by atoms with van der Waals surface area (Å²) >= 11 is 0. The van der Waals surface area contributed by atoms with Crippen molar-refractivity contribution in [3.05, 3.63) is 71.7 Å². The number of amides is 1. The van der Waals surface area contributed by atoms with E-state index in [9.17, 15) is 4.79 Å². The van der Waals surface area contributed by atoms with E-state index in [0.29, 0.717) is 12.1 Å². The molecule has 4 nitrogen and oxygen atoms in total. The molecule has 0 saturated carbocycles. The molecule has 3 rings (SSSR count). The number of rotatable bonds is 4. The number of pyridine rings is 1. The predicted molar refractivity (Wildman–Crippen MR) is 91.4 cm³/mol. The van der Waals surface area contributed by atoms with Crippen LogP contribution in [0.4, 0.5) is 0 Å². The Balaban J connectivity index is 1.90. The predicted octanol–water partition coefficient (Wildman–Crippen LogP) is 3.69. The highest BCUT2D eigenvalue weighted by atomic mass is 16.2. The van der Waals surface area contributed by atoms with Gasteiger partial charge in [-0.1, -0.05) is 30.3 Å². The van der Waals surface area contributed by atoms with E-state index in [-0.39, 0.29) is 11.9 Å². The Morgan fingerprint density at radius 1 is 1.22 bits per heavy atom. The fourth-order valence-corrected chi connectivity index (χ4v) is 2.68. The number of fused-ring (bicyclic) bond motifs is 1. The number of aryl methyl sites for hydroxylation is 1. The highest BCUT2D eigenvalue weighted by Crippen LogP contribution is 2.15. The van der Waals surface area contributed by atoms with Crippen molar-refractivity contribution in [2.24, 2.45) is 0 Å². The molecule has 0 bridgehead atoms. The number of nitrogens with zero attached hydrogens (tertiary/aromatic N) is 3. The molecule has 0 spiro atoms. The maximum Gasteiger partial charge on any atom is 0.254 e. The second kappa shape index (κ2) is 6.24. The number of benzene rings is 1. The Morgan fingerprint density at radius 3 is 2.65 bits per heavy atom. The van der Waals surface area contributed by atoms with Gasteiger partial charge in [0.25, 0.3) is 5.91 Å². The monoisotopic (exact) mass is 307 g/mol. The molecule has 0 aliphatic heterocycles. The van der Waals surface area contributed by atoms with Crippen molar-refractivity contribution in [2.45, 2.75) is 33.4 Å². The van der Waals surface area contributed by atoms with Gasteiger partial charge in [0.2, 0.25) is 0 Å². The van der Waals surface area contributed by atoms with Crippen molar-refractivity contribution < 1.29 is 4.79 Å². The minimum atomic E-state index is 0.0343. The molecule has 0 fully saturated rings. The van der Waals surface area contributed by atoms with Crippen molar-refractivity contribution in [2.75, 3.05) is 0 Å². The minimum absolute atomic E-state index is 0.0343. The van der Waals surface area contributed by atoms with Gasteiger partial charge in [-0.2, -0.15) is 0 Å². The zero-order valence-corrected chi connectivity index (χ0v) is 13.7. The fraction of sp³-hybridized carbons (Fsp3) is 0.263. The molecule has 2 heterocycles. The van der Waals surface area contributed by atoms with E-state index in [0.717, 1.165) is 16.9 Å². The first-order chi connectivity index (χ1) is 11.0. The van der Waals surface area contributed by atoms with Gasteiger partial charge in [0.05, 0.1) is 5.69 Å². The zero-order chi connectivity index (χ0) is 16.4. The molecule has 23 heavy (non-hydrogen) atoms.